The van der Waals surface area contributed by atoms with Crippen LogP contribution in [0.3, 0.4) is 0 Å². The standard InChI is InChI=1S/C23H23FN2O3S/c1-14-9-15(2)22(16(3)10-14)26(17(4)27)23-25-19(13-30-23)12-29-21(28)11-18-7-5-6-8-20(18)24/h5-10,13H,11-12H2,1-4H3. The largest absolute Gasteiger partial charge is 0.459 e. The number of benzene rings is 2. The van der Waals surface area contributed by atoms with Gasteiger partial charge < -0.3 is 4.74 Å². The lowest BCUT2D eigenvalue weighted by atomic mass is 10.0. The molecule has 0 atom stereocenters. The smallest absolute Gasteiger partial charge is 0.310 e. The number of aromatic nitrogens is 1. The second-order valence-electron chi connectivity index (χ2n) is 7.15. The number of aryl methyl sites for hydroxylation is 3. The van der Waals surface area contributed by atoms with Gasteiger partial charge in [-0.05, 0) is 43.5 Å². The second-order valence-corrected chi connectivity index (χ2v) is 7.99. The Hall–Kier alpha value is -3.06. The van der Waals surface area contributed by atoms with E-state index in [0.717, 1.165) is 22.4 Å². The summed E-state index contributed by atoms with van der Waals surface area (Å²) in [6.45, 7) is 7.39. The molecule has 1 heterocycles. The normalized spacial score (nSPS) is 10.7. The molecule has 0 aliphatic carbocycles. The number of esters is 1. The van der Waals surface area contributed by atoms with E-state index in [1.165, 1.54) is 24.3 Å². The molecule has 0 saturated carbocycles. The number of hydrogen-bond donors (Lipinski definition) is 0. The first kappa shape index (κ1) is 21.6. The molecule has 1 aromatic heterocycles. The van der Waals surface area contributed by atoms with Crippen LogP contribution in [0.5, 0.6) is 0 Å². The number of anilines is 2. The molecule has 0 aliphatic rings. The van der Waals surface area contributed by atoms with Gasteiger partial charge in [0.1, 0.15) is 12.4 Å². The molecule has 0 radical (unpaired) electrons. The quantitative estimate of drug-likeness (QED) is 0.510. The summed E-state index contributed by atoms with van der Waals surface area (Å²) in [4.78, 5) is 30.5. The number of nitrogens with zero attached hydrogens (tertiary/aromatic N) is 2. The average molecular weight is 427 g/mol. The van der Waals surface area contributed by atoms with Crippen molar-refractivity contribution < 1.29 is 18.7 Å². The number of rotatable bonds is 6. The maximum absolute atomic E-state index is 13.7. The maximum atomic E-state index is 13.7. The van der Waals surface area contributed by atoms with Crippen molar-refractivity contribution in [3.05, 3.63) is 75.5 Å². The van der Waals surface area contributed by atoms with Crippen LogP contribution in [0.2, 0.25) is 0 Å². The number of halogens is 1. The summed E-state index contributed by atoms with van der Waals surface area (Å²) < 4.78 is 18.9. The van der Waals surface area contributed by atoms with Crippen molar-refractivity contribution in [1.82, 2.24) is 4.98 Å². The van der Waals surface area contributed by atoms with Crippen molar-refractivity contribution in [1.29, 1.82) is 0 Å². The van der Waals surface area contributed by atoms with Crippen LogP contribution in [0.25, 0.3) is 0 Å². The van der Waals surface area contributed by atoms with Crippen LogP contribution in [0.15, 0.2) is 41.8 Å². The molecular formula is C23H23FN2O3S. The zero-order valence-corrected chi connectivity index (χ0v) is 18.2. The molecule has 0 aliphatic heterocycles. The van der Waals surface area contributed by atoms with Crippen LogP contribution in [0.4, 0.5) is 15.2 Å². The van der Waals surface area contributed by atoms with E-state index >= 15 is 0 Å². The molecular weight excluding hydrogens is 403 g/mol. The minimum absolute atomic E-state index is 0.0403. The third kappa shape index (κ3) is 4.91. The van der Waals surface area contributed by atoms with Crippen molar-refractivity contribution in [2.24, 2.45) is 0 Å². The van der Waals surface area contributed by atoms with Crippen LogP contribution >= 0.6 is 11.3 Å². The highest BCUT2D eigenvalue weighted by Gasteiger charge is 2.22. The fourth-order valence-electron chi connectivity index (χ4n) is 3.38. The van der Waals surface area contributed by atoms with Gasteiger partial charge in [-0.15, -0.1) is 11.3 Å². The summed E-state index contributed by atoms with van der Waals surface area (Å²) in [5.41, 5.74) is 4.72. The molecule has 7 heteroatoms. The van der Waals surface area contributed by atoms with Gasteiger partial charge in [0.25, 0.3) is 0 Å². The summed E-state index contributed by atoms with van der Waals surface area (Å²) in [6, 6.07) is 10.1. The van der Waals surface area contributed by atoms with Gasteiger partial charge in [-0.1, -0.05) is 35.9 Å². The number of ether oxygens (including phenoxy) is 1. The Balaban J connectivity index is 1.74. The molecule has 156 valence electrons. The fraction of sp³-hybridized carbons (Fsp3) is 0.261. The number of carbonyl (C=O) groups excluding carboxylic acids is 2. The van der Waals surface area contributed by atoms with Crippen LogP contribution in [0.1, 0.15) is 34.9 Å². The molecule has 0 spiro atoms. The van der Waals surface area contributed by atoms with Crippen molar-refractivity contribution >= 4 is 34.0 Å². The number of thiazole rings is 1. The number of amides is 1. The Kier molecular flexibility index (Phi) is 6.62. The third-order valence-electron chi connectivity index (χ3n) is 4.58. The van der Waals surface area contributed by atoms with Gasteiger partial charge in [0.15, 0.2) is 5.13 Å². The van der Waals surface area contributed by atoms with E-state index in [4.69, 9.17) is 4.74 Å². The van der Waals surface area contributed by atoms with Crippen molar-refractivity contribution in [2.75, 3.05) is 4.90 Å². The zero-order valence-electron chi connectivity index (χ0n) is 17.4. The third-order valence-corrected chi connectivity index (χ3v) is 5.45. The molecule has 3 aromatic rings. The molecule has 0 bridgehead atoms. The molecule has 0 saturated heterocycles. The van der Waals surface area contributed by atoms with Crippen molar-refractivity contribution in [2.45, 2.75) is 40.7 Å². The maximum Gasteiger partial charge on any atom is 0.310 e. The minimum atomic E-state index is -0.539. The van der Waals surface area contributed by atoms with Gasteiger partial charge in [-0.3, -0.25) is 14.5 Å². The summed E-state index contributed by atoms with van der Waals surface area (Å²) >= 11 is 1.30. The summed E-state index contributed by atoms with van der Waals surface area (Å²) in [7, 11) is 0. The van der Waals surface area contributed by atoms with E-state index in [-0.39, 0.29) is 24.5 Å². The van der Waals surface area contributed by atoms with Crippen LogP contribution in [-0.2, 0) is 27.4 Å². The fourth-order valence-corrected chi connectivity index (χ4v) is 4.24. The lowest BCUT2D eigenvalue weighted by Gasteiger charge is -2.23. The van der Waals surface area contributed by atoms with Gasteiger partial charge in [0.2, 0.25) is 5.91 Å². The Labute approximate surface area is 179 Å². The Morgan fingerprint density at radius 2 is 1.80 bits per heavy atom. The van der Waals surface area contributed by atoms with Gasteiger partial charge in [-0.25, -0.2) is 9.37 Å². The van der Waals surface area contributed by atoms with E-state index in [2.05, 4.69) is 4.98 Å². The topological polar surface area (TPSA) is 59.5 Å². The zero-order chi connectivity index (χ0) is 21.8. The highest BCUT2D eigenvalue weighted by Crippen LogP contribution is 2.34. The van der Waals surface area contributed by atoms with E-state index in [0.29, 0.717) is 10.8 Å². The molecule has 0 fully saturated rings. The van der Waals surface area contributed by atoms with Gasteiger partial charge in [0.05, 0.1) is 17.8 Å². The summed E-state index contributed by atoms with van der Waals surface area (Å²) in [6.07, 6.45) is -0.148. The van der Waals surface area contributed by atoms with Crippen molar-refractivity contribution in [3.8, 4) is 0 Å². The van der Waals surface area contributed by atoms with E-state index in [9.17, 15) is 14.0 Å². The van der Waals surface area contributed by atoms with Crippen molar-refractivity contribution in [3.63, 3.8) is 0 Å². The Bertz CT molecular complexity index is 1070. The molecule has 0 unspecified atom stereocenters. The molecule has 1 amide bonds. The Morgan fingerprint density at radius 1 is 1.13 bits per heavy atom. The van der Waals surface area contributed by atoms with Crippen LogP contribution in [-0.4, -0.2) is 16.9 Å². The SMILES string of the molecule is CC(=O)N(c1nc(COC(=O)Cc2ccccc2F)cs1)c1c(C)cc(C)cc1C. The average Bonchev–Trinajstić information content (AvgIpc) is 3.13. The number of hydrogen-bond acceptors (Lipinski definition) is 5. The lowest BCUT2D eigenvalue weighted by molar-refractivity contribution is -0.144. The van der Waals surface area contributed by atoms with Gasteiger partial charge in [-0.2, -0.15) is 0 Å². The molecule has 30 heavy (non-hydrogen) atoms. The van der Waals surface area contributed by atoms with E-state index in [1.54, 1.807) is 28.5 Å². The molecule has 5 nitrogen and oxygen atoms in total. The van der Waals surface area contributed by atoms with E-state index in [1.807, 2.05) is 32.9 Å². The summed E-state index contributed by atoms with van der Waals surface area (Å²) in [5.74, 6) is -1.13. The Morgan fingerprint density at radius 3 is 2.43 bits per heavy atom. The van der Waals surface area contributed by atoms with Crippen LogP contribution < -0.4 is 4.90 Å². The highest BCUT2D eigenvalue weighted by molar-refractivity contribution is 7.14. The number of carbonyl (C=O) groups is 2. The predicted molar refractivity (Wildman–Crippen MR) is 115 cm³/mol. The summed E-state index contributed by atoms with van der Waals surface area (Å²) in [5, 5.41) is 2.26. The van der Waals surface area contributed by atoms with Crippen LogP contribution in [0, 0.1) is 26.6 Å². The lowest BCUT2D eigenvalue weighted by Crippen LogP contribution is -2.24. The first-order valence-electron chi connectivity index (χ1n) is 9.48. The highest BCUT2D eigenvalue weighted by atomic mass is 32.1. The minimum Gasteiger partial charge on any atom is -0.459 e. The molecule has 3 rings (SSSR count). The first-order chi connectivity index (χ1) is 14.3. The predicted octanol–water partition coefficient (Wildman–Crippen LogP) is 5.18. The monoisotopic (exact) mass is 426 g/mol. The van der Waals surface area contributed by atoms with Gasteiger partial charge in [0, 0.05) is 12.3 Å². The molecule has 2 aromatic carbocycles. The van der Waals surface area contributed by atoms with Gasteiger partial charge >= 0.3 is 5.97 Å². The van der Waals surface area contributed by atoms with E-state index < -0.39 is 11.8 Å². The first-order valence-corrected chi connectivity index (χ1v) is 10.4. The molecule has 0 N–H and O–H groups in total. The second kappa shape index (κ2) is 9.17.